The number of carbonyl (C=O) groups excluding carboxylic acids is 3. The summed E-state index contributed by atoms with van der Waals surface area (Å²) in [4.78, 5) is 42.4. The molecule has 0 N–H and O–H groups in total. The summed E-state index contributed by atoms with van der Waals surface area (Å²) in [5.41, 5.74) is 1.66. The Morgan fingerprint density at radius 3 is 2.23 bits per heavy atom. The molecule has 1 amide bonds. The van der Waals surface area contributed by atoms with Crippen LogP contribution in [0.4, 0.5) is 23.7 Å². The van der Waals surface area contributed by atoms with Gasteiger partial charge in [0.25, 0.3) is 0 Å². The van der Waals surface area contributed by atoms with Crippen molar-refractivity contribution in [2.45, 2.75) is 44.2 Å². The Kier molecular flexibility index (Phi) is 12.5. The third-order valence-corrected chi connectivity index (χ3v) is 10.3. The number of ether oxygens (including phenoxy) is 5. The molecule has 3 aliphatic heterocycles. The van der Waals surface area contributed by atoms with Gasteiger partial charge in [-0.1, -0.05) is 47.5 Å². The quantitative estimate of drug-likeness (QED) is 0.0614. The summed E-state index contributed by atoms with van der Waals surface area (Å²) in [5, 5.41) is 12.0. The van der Waals surface area contributed by atoms with E-state index in [2.05, 4.69) is 9.64 Å². The fourth-order valence-corrected chi connectivity index (χ4v) is 7.29. The highest BCUT2D eigenvalue weighted by atomic mass is 35.5. The molecule has 7 rings (SSSR count). The smallest absolute Gasteiger partial charge is 0.491 e. The van der Waals surface area contributed by atoms with Crippen LogP contribution >= 0.6 is 23.2 Å². The number of hydrogen-bond acceptors (Lipinski definition) is 10. The second kappa shape index (κ2) is 17.3. The number of rotatable bonds is 12. The zero-order valence-electron chi connectivity index (χ0n) is 30.1. The van der Waals surface area contributed by atoms with Gasteiger partial charge >= 0.3 is 24.2 Å². The Hall–Kier alpha value is -5.25. The number of nitrogens with zero attached hydrogens (tertiary/aromatic N) is 3. The standard InChI is InChI=1S/C39H36Cl2F3N3O9/c1-52-32-11-10-26(16-34(32)53-2)33(18-29-30(40)20-46(51)21-31(29)41)55-36(48)25-8-6-23(7-9-25)19-47(38(50)56-35-22-45-14-12-24(35)13-15-45)27-4-3-5-28(17-27)54-37(49)39(42,43)44/h3-11,16-17,20-21,24,33,35H,12-15,18-19,22H2,1-2H3/t33-,35-/m0/s1. The molecule has 4 aromatic rings. The lowest BCUT2D eigenvalue weighted by atomic mass is 9.86. The molecule has 0 spiro atoms. The van der Waals surface area contributed by atoms with Crippen molar-refractivity contribution in [1.29, 1.82) is 0 Å². The summed E-state index contributed by atoms with van der Waals surface area (Å²) in [6.45, 7) is 2.27. The molecule has 3 fully saturated rings. The summed E-state index contributed by atoms with van der Waals surface area (Å²) in [7, 11) is 2.94. The van der Waals surface area contributed by atoms with Gasteiger partial charge in [0.15, 0.2) is 23.9 Å². The van der Waals surface area contributed by atoms with E-state index in [1.807, 2.05) is 0 Å². The molecule has 0 unspecified atom stereocenters. The van der Waals surface area contributed by atoms with Crippen LogP contribution in [0.15, 0.2) is 79.1 Å². The number of hydrogen-bond donors (Lipinski definition) is 0. The van der Waals surface area contributed by atoms with Crippen molar-refractivity contribution >= 4 is 46.9 Å². The van der Waals surface area contributed by atoms with Crippen molar-refractivity contribution < 1.29 is 56.0 Å². The lowest BCUT2D eigenvalue weighted by Gasteiger charge is -2.44. The first kappa shape index (κ1) is 40.4. The van der Waals surface area contributed by atoms with Gasteiger partial charge in [-0.2, -0.15) is 17.9 Å². The number of esters is 2. The van der Waals surface area contributed by atoms with E-state index in [9.17, 15) is 32.8 Å². The first-order valence-corrected chi connectivity index (χ1v) is 18.2. The maximum Gasteiger partial charge on any atom is 0.491 e. The largest absolute Gasteiger partial charge is 0.619 e. The molecule has 2 bridgehead atoms. The van der Waals surface area contributed by atoms with Crippen molar-refractivity contribution in [1.82, 2.24) is 4.90 Å². The molecule has 3 aliphatic rings. The predicted molar refractivity (Wildman–Crippen MR) is 197 cm³/mol. The molecule has 0 aliphatic carbocycles. The number of pyridine rings is 1. The van der Waals surface area contributed by atoms with Gasteiger partial charge in [-0.05, 0) is 79.4 Å². The molecule has 4 heterocycles. The van der Waals surface area contributed by atoms with Crippen LogP contribution in [0.25, 0.3) is 0 Å². The molecule has 0 saturated carbocycles. The van der Waals surface area contributed by atoms with Gasteiger partial charge in [-0.15, -0.1) is 0 Å². The summed E-state index contributed by atoms with van der Waals surface area (Å²) >= 11 is 12.7. The van der Waals surface area contributed by atoms with Crippen molar-refractivity contribution in [2.75, 3.05) is 38.8 Å². The van der Waals surface area contributed by atoms with Gasteiger partial charge in [0.1, 0.15) is 28.0 Å². The molecule has 3 saturated heterocycles. The summed E-state index contributed by atoms with van der Waals surface area (Å²) in [6.07, 6.45) is -3.31. The molecule has 296 valence electrons. The van der Waals surface area contributed by atoms with Crippen molar-refractivity contribution in [3.05, 3.63) is 117 Å². The fraction of sp³-hybridized carbons (Fsp3) is 0.333. The number of piperidine rings is 3. The van der Waals surface area contributed by atoms with Gasteiger partial charge in [-0.25, -0.2) is 14.4 Å². The summed E-state index contributed by atoms with van der Waals surface area (Å²) in [5.74, 6) is -2.56. The molecule has 56 heavy (non-hydrogen) atoms. The highest BCUT2D eigenvalue weighted by Crippen LogP contribution is 2.36. The average Bonchev–Trinajstić information content (AvgIpc) is 3.17. The lowest BCUT2D eigenvalue weighted by molar-refractivity contribution is -0.605. The number of alkyl halides is 3. The first-order valence-electron chi connectivity index (χ1n) is 17.4. The second-order valence-electron chi connectivity index (χ2n) is 13.2. The predicted octanol–water partition coefficient (Wildman–Crippen LogP) is 7.49. The van der Waals surface area contributed by atoms with Crippen molar-refractivity contribution in [3.8, 4) is 17.2 Å². The molecule has 17 heteroatoms. The summed E-state index contributed by atoms with van der Waals surface area (Å²) < 4.78 is 66.7. The van der Waals surface area contributed by atoms with Gasteiger partial charge in [0, 0.05) is 24.6 Å². The van der Waals surface area contributed by atoms with Crippen LogP contribution in [0.1, 0.15) is 46.0 Å². The van der Waals surface area contributed by atoms with Crippen LogP contribution in [0.2, 0.25) is 10.0 Å². The van der Waals surface area contributed by atoms with Crippen LogP contribution in [0.3, 0.4) is 0 Å². The van der Waals surface area contributed by atoms with Crippen LogP contribution < -0.4 is 23.8 Å². The number of fused-ring (bicyclic) bond motifs is 3. The Bertz CT molecular complexity index is 2060. The number of halogens is 5. The lowest BCUT2D eigenvalue weighted by Crippen LogP contribution is -2.53. The van der Waals surface area contributed by atoms with Crippen LogP contribution in [-0.2, 0) is 27.2 Å². The minimum atomic E-state index is -5.23. The molecule has 3 aromatic carbocycles. The van der Waals surface area contributed by atoms with E-state index >= 15 is 0 Å². The topological polar surface area (TPSA) is 131 Å². The number of anilines is 1. The third kappa shape index (κ3) is 9.57. The highest BCUT2D eigenvalue weighted by molar-refractivity contribution is 6.35. The molecule has 0 radical (unpaired) electrons. The minimum absolute atomic E-state index is 0.00809. The maximum atomic E-state index is 13.8. The Labute approximate surface area is 329 Å². The number of benzene rings is 3. The number of aromatic nitrogens is 1. The van der Waals surface area contributed by atoms with E-state index in [1.54, 1.807) is 30.3 Å². The maximum absolute atomic E-state index is 13.8. The van der Waals surface area contributed by atoms with E-state index in [1.165, 1.54) is 49.5 Å². The average molecular weight is 819 g/mol. The van der Waals surface area contributed by atoms with E-state index in [0.717, 1.165) is 44.4 Å². The van der Waals surface area contributed by atoms with Gasteiger partial charge in [-0.3, -0.25) is 9.80 Å². The van der Waals surface area contributed by atoms with Gasteiger partial charge in [0.2, 0.25) is 0 Å². The van der Waals surface area contributed by atoms with Crippen molar-refractivity contribution in [2.24, 2.45) is 5.92 Å². The Balaban J connectivity index is 1.24. The Morgan fingerprint density at radius 2 is 1.62 bits per heavy atom. The molecular weight excluding hydrogens is 782 g/mol. The zero-order valence-corrected chi connectivity index (χ0v) is 31.6. The van der Waals surface area contributed by atoms with E-state index in [4.69, 9.17) is 42.1 Å². The molecular formula is C39H36Cl2F3N3O9. The normalized spacial score (nSPS) is 18.1. The summed E-state index contributed by atoms with van der Waals surface area (Å²) in [6, 6.07) is 16.3. The monoisotopic (exact) mass is 817 g/mol. The van der Waals surface area contributed by atoms with Crippen molar-refractivity contribution in [3.63, 3.8) is 0 Å². The zero-order chi connectivity index (χ0) is 40.1. The van der Waals surface area contributed by atoms with Crippen LogP contribution in [-0.4, -0.2) is 69.1 Å². The number of methoxy groups -OCH3 is 2. The molecule has 2 atom stereocenters. The fourth-order valence-electron chi connectivity index (χ4n) is 6.70. The van der Waals surface area contributed by atoms with Gasteiger partial charge < -0.3 is 28.9 Å². The van der Waals surface area contributed by atoms with E-state index in [-0.39, 0.29) is 46.3 Å². The SMILES string of the molecule is COc1ccc([C@H](Cc2c(Cl)c[n+]([O-])cc2Cl)OC(=O)c2ccc(CN(C(=O)O[C@H]3CN4CCC3CC4)c3cccc(OC(=O)C(F)(F)F)c3)cc2)cc1OC. The molecule has 12 nitrogen and oxygen atoms in total. The number of amides is 1. The third-order valence-electron chi connectivity index (χ3n) is 9.65. The molecule has 1 aromatic heterocycles. The first-order chi connectivity index (χ1) is 26.7. The van der Waals surface area contributed by atoms with Gasteiger partial charge in [0.05, 0.1) is 32.0 Å². The minimum Gasteiger partial charge on any atom is -0.619 e. The Morgan fingerprint density at radius 1 is 0.946 bits per heavy atom. The second-order valence-corrected chi connectivity index (χ2v) is 14.0. The highest BCUT2D eigenvalue weighted by Gasteiger charge is 2.42. The van der Waals surface area contributed by atoms with E-state index in [0.29, 0.717) is 39.5 Å². The number of carbonyl (C=O) groups is 3. The van der Waals surface area contributed by atoms with Crippen LogP contribution in [0, 0.1) is 11.1 Å². The van der Waals surface area contributed by atoms with Crippen LogP contribution in [0.5, 0.6) is 17.2 Å². The van der Waals surface area contributed by atoms with E-state index < -0.39 is 36.1 Å².